The Morgan fingerprint density at radius 1 is 1.44 bits per heavy atom. The third kappa shape index (κ3) is 5.92. The lowest BCUT2D eigenvalue weighted by Gasteiger charge is -2.32. The fourth-order valence-corrected chi connectivity index (χ4v) is 1.31. The van der Waals surface area contributed by atoms with Gasteiger partial charge in [-0.3, -0.25) is 0 Å². The number of rotatable bonds is 0. The number of aliphatic hydroxyl groups excluding tert-OH is 1. The second-order valence-corrected chi connectivity index (χ2v) is 4.61. The largest absolute Gasteiger partial charge is 0.444 e. The molecule has 1 aliphatic rings. The van der Waals surface area contributed by atoms with Crippen molar-refractivity contribution in [3.05, 3.63) is 0 Å². The quantitative estimate of drug-likeness (QED) is 0.684. The van der Waals surface area contributed by atoms with E-state index in [2.05, 4.69) is 0 Å². The average molecular weight is 233 g/mol. The van der Waals surface area contributed by atoms with Crippen molar-refractivity contribution in [1.29, 1.82) is 0 Å². The topological polar surface area (TPSA) is 59.0 Å². The van der Waals surface area contributed by atoms with Crippen LogP contribution >= 0.6 is 0 Å². The summed E-state index contributed by atoms with van der Waals surface area (Å²) >= 11 is 0. The molecule has 5 heteroatoms. The highest BCUT2D eigenvalue weighted by molar-refractivity contribution is 5.68. The van der Waals surface area contributed by atoms with Gasteiger partial charge in [-0.1, -0.05) is 0 Å². The lowest BCUT2D eigenvalue weighted by atomic mass is 10.2. The first-order valence-corrected chi connectivity index (χ1v) is 5.43. The smallest absolute Gasteiger partial charge is 0.410 e. The zero-order chi connectivity index (χ0) is 12.8. The van der Waals surface area contributed by atoms with E-state index in [0.717, 1.165) is 7.11 Å². The summed E-state index contributed by atoms with van der Waals surface area (Å²) in [6.45, 7) is 9.41. The van der Waals surface area contributed by atoms with Gasteiger partial charge in [0, 0.05) is 13.7 Å². The minimum absolute atomic E-state index is 0.108. The molecule has 0 aromatic carbocycles. The first-order chi connectivity index (χ1) is 7.38. The monoisotopic (exact) mass is 233 g/mol. The maximum atomic E-state index is 11.6. The number of nitrogens with zero attached hydrogens (tertiary/aromatic N) is 1. The molecule has 1 unspecified atom stereocenters. The van der Waals surface area contributed by atoms with Gasteiger partial charge in [0.05, 0.1) is 19.3 Å². The van der Waals surface area contributed by atoms with Gasteiger partial charge in [-0.2, -0.15) is 0 Å². The number of carbonyl (C=O) groups excluding carboxylic acids is 1. The Morgan fingerprint density at radius 3 is 2.44 bits per heavy atom. The second-order valence-electron chi connectivity index (χ2n) is 4.61. The molecule has 0 aliphatic carbocycles. The van der Waals surface area contributed by atoms with Crippen molar-refractivity contribution < 1.29 is 19.4 Å². The molecule has 16 heavy (non-hydrogen) atoms. The molecule has 1 aliphatic heterocycles. The maximum absolute atomic E-state index is 11.6. The molecule has 0 bridgehead atoms. The third-order valence-corrected chi connectivity index (χ3v) is 1.89. The Hall–Kier alpha value is -0.810. The molecular weight excluding hydrogens is 210 g/mol. The van der Waals surface area contributed by atoms with Crippen LogP contribution in [-0.2, 0) is 9.47 Å². The lowest BCUT2D eigenvalue weighted by molar-refractivity contribution is -0.0353. The van der Waals surface area contributed by atoms with Crippen molar-refractivity contribution in [2.45, 2.75) is 39.4 Å². The minimum atomic E-state index is -0.418. The Labute approximate surface area is 97.3 Å². The number of aliphatic hydroxyl groups is 1. The predicted octanol–water partition coefficient (Wildman–Crippen LogP) is 1.25. The number of hydrogen-bond donors (Lipinski definition) is 1. The second kappa shape index (κ2) is 6.70. The number of hydrogen-bond acceptors (Lipinski definition) is 4. The minimum Gasteiger partial charge on any atom is -0.444 e. The Kier molecular flexibility index (Phi) is 6.36. The van der Waals surface area contributed by atoms with Crippen LogP contribution in [0.1, 0.15) is 27.7 Å². The molecule has 5 nitrogen and oxygen atoms in total. The normalized spacial score (nSPS) is 20.9. The highest BCUT2D eigenvalue weighted by Crippen LogP contribution is 2.12. The van der Waals surface area contributed by atoms with E-state index in [9.17, 15) is 4.79 Å². The summed E-state index contributed by atoms with van der Waals surface area (Å²) in [5.41, 5.74) is -0.418. The summed E-state index contributed by atoms with van der Waals surface area (Å²) < 4.78 is 10.6. The van der Waals surface area contributed by atoms with E-state index in [0.29, 0.717) is 19.7 Å². The van der Waals surface area contributed by atoms with Gasteiger partial charge in [-0.15, -0.1) is 0 Å². The number of carbonyl (C=O) groups is 1. The number of ether oxygens (including phenoxy) is 2. The van der Waals surface area contributed by atoms with Crippen LogP contribution in [0.25, 0.3) is 0 Å². The van der Waals surface area contributed by atoms with Gasteiger partial charge in [0.2, 0.25) is 0 Å². The number of morpholine rings is 1. The van der Waals surface area contributed by atoms with Crippen LogP contribution in [0.3, 0.4) is 0 Å². The van der Waals surface area contributed by atoms with Gasteiger partial charge in [0.25, 0.3) is 0 Å². The van der Waals surface area contributed by atoms with Gasteiger partial charge in [0.1, 0.15) is 5.60 Å². The van der Waals surface area contributed by atoms with E-state index in [1.807, 2.05) is 27.7 Å². The summed E-state index contributed by atoms with van der Waals surface area (Å²) in [4.78, 5) is 13.3. The van der Waals surface area contributed by atoms with E-state index in [1.165, 1.54) is 0 Å². The summed E-state index contributed by atoms with van der Waals surface area (Å²) in [7, 11) is 1.00. The van der Waals surface area contributed by atoms with Crippen molar-refractivity contribution in [3.63, 3.8) is 0 Å². The summed E-state index contributed by atoms with van der Waals surface area (Å²) in [6, 6.07) is 0. The molecule has 0 aromatic heterocycles. The van der Waals surface area contributed by atoms with Crippen molar-refractivity contribution in [2.75, 3.05) is 26.8 Å². The molecule has 1 fully saturated rings. The molecule has 1 amide bonds. The first-order valence-electron chi connectivity index (χ1n) is 5.43. The van der Waals surface area contributed by atoms with E-state index in [-0.39, 0.29) is 12.2 Å². The average Bonchev–Trinajstić information content (AvgIpc) is 2.18. The molecule has 0 spiro atoms. The lowest BCUT2D eigenvalue weighted by Crippen LogP contribution is -2.46. The van der Waals surface area contributed by atoms with Crippen LogP contribution in [0.4, 0.5) is 4.79 Å². The van der Waals surface area contributed by atoms with E-state index in [4.69, 9.17) is 14.6 Å². The highest BCUT2D eigenvalue weighted by atomic mass is 16.6. The maximum Gasteiger partial charge on any atom is 0.410 e. The molecule has 1 rings (SSSR count). The predicted molar refractivity (Wildman–Crippen MR) is 61.4 cm³/mol. The van der Waals surface area contributed by atoms with Gasteiger partial charge < -0.3 is 19.5 Å². The van der Waals surface area contributed by atoms with Crippen LogP contribution in [0, 0.1) is 0 Å². The fourth-order valence-electron chi connectivity index (χ4n) is 1.31. The van der Waals surface area contributed by atoms with Crippen LogP contribution in [-0.4, -0.2) is 54.6 Å². The third-order valence-electron chi connectivity index (χ3n) is 1.89. The number of amides is 1. The van der Waals surface area contributed by atoms with Gasteiger partial charge in [0.15, 0.2) is 0 Å². The molecule has 0 aromatic rings. The standard InChI is InChI=1S/C10H19NO3.CH4O/c1-8-7-11(5-6-13-8)9(12)14-10(2,3)4;1-2/h8H,5-7H2,1-4H3;2H,1H3. The molecular formula is C11H23NO4. The molecule has 1 atom stereocenters. The Morgan fingerprint density at radius 2 is 2.00 bits per heavy atom. The van der Waals surface area contributed by atoms with Crippen molar-refractivity contribution in [2.24, 2.45) is 0 Å². The molecule has 1 N–H and O–H groups in total. The summed E-state index contributed by atoms with van der Waals surface area (Å²) in [6.07, 6.45) is -0.135. The molecule has 96 valence electrons. The Bertz CT molecular complexity index is 213. The van der Waals surface area contributed by atoms with Crippen LogP contribution in [0.5, 0.6) is 0 Å². The van der Waals surface area contributed by atoms with Gasteiger partial charge in [-0.05, 0) is 27.7 Å². The zero-order valence-electron chi connectivity index (χ0n) is 10.8. The zero-order valence-corrected chi connectivity index (χ0v) is 10.8. The molecule has 0 radical (unpaired) electrons. The fraction of sp³-hybridized carbons (Fsp3) is 0.909. The molecule has 0 saturated carbocycles. The Balaban J connectivity index is 0.00000106. The highest BCUT2D eigenvalue weighted by Gasteiger charge is 2.25. The molecule has 1 heterocycles. The van der Waals surface area contributed by atoms with Crippen LogP contribution in [0.15, 0.2) is 0 Å². The van der Waals surface area contributed by atoms with E-state index < -0.39 is 5.60 Å². The van der Waals surface area contributed by atoms with E-state index >= 15 is 0 Å². The summed E-state index contributed by atoms with van der Waals surface area (Å²) in [5, 5.41) is 7.00. The van der Waals surface area contributed by atoms with Crippen molar-refractivity contribution in [1.82, 2.24) is 4.90 Å². The van der Waals surface area contributed by atoms with Crippen LogP contribution < -0.4 is 0 Å². The van der Waals surface area contributed by atoms with Gasteiger partial charge in [-0.25, -0.2) is 4.79 Å². The van der Waals surface area contributed by atoms with Crippen molar-refractivity contribution in [3.8, 4) is 0 Å². The van der Waals surface area contributed by atoms with Gasteiger partial charge >= 0.3 is 6.09 Å². The van der Waals surface area contributed by atoms with Crippen molar-refractivity contribution >= 4 is 6.09 Å². The SMILES string of the molecule is CC1CN(C(=O)OC(C)(C)C)CCO1.CO. The molecule has 1 saturated heterocycles. The van der Waals surface area contributed by atoms with E-state index in [1.54, 1.807) is 4.90 Å². The van der Waals surface area contributed by atoms with Crippen LogP contribution in [0.2, 0.25) is 0 Å². The summed E-state index contributed by atoms with van der Waals surface area (Å²) in [5.74, 6) is 0. The first kappa shape index (κ1) is 15.2.